The normalized spacial score (nSPS) is 23.7. The summed E-state index contributed by atoms with van der Waals surface area (Å²) in [5.41, 5.74) is 0.444. The molecular formula is C24H28Br4O2. The fraction of sp³-hybridized carbons (Fsp3) is 0.500. The molecule has 2 aromatic rings. The van der Waals surface area contributed by atoms with Crippen LogP contribution in [-0.4, -0.2) is 22.5 Å². The summed E-state index contributed by atoms with van der Waals surface area (Å²) in [5.74, 6) is -2.02. The summed E-state index contributed by atoms with van der Waals surface area (Å²) < 4.78 is -1.61. The zero-order valence-electron chi connectivity index (χ0n) is 16.8. The second kappa shape index (κ2) is 10.0. The molecule has 2 nitrogen and oxygen atoms in total. The van der Waals surface area contributed by atoms with Crippen LogP contribution in [0.25, 0.3) is 0 Å². The monoisotopic (exact) mass is 664 g/mol. The van der Waals surface area contributed by atoms with Gasteiger partial charge in [-0.3, -0.25) is 0 Å². The third-order valence-corrected chi connectivity index (χ3v) is 12.9. The molecule has 6 heteroatoms. The molecule has 2 aromatic carbocycles. The first-order valence-corrected chi connectivity index (χ1v) is 13.7. The lowest BCUT2D eigenvalue weighted by molar-refractivity contribution is -0.210. The Morgan fingerprint density at radius 1 is 0.567 bits per heavy atom. The maximum atomic E-state index is 11.9. The summed E-state index contributed by atoms with van der Waals surface area (Å²) in [6.45, 7) is 0. The lowest BCUT2D eigenvalue weighted by Crippen LogP contribution is -2.66. The molecule has 164 valence electrons. The van der Waals surface area contributed by atoms with Crippen molar-refractivity contribution >= 4 is 63.7 Å². The molecule has 0 unspecified atom stereocenters. The second-order valence-corrected chi connectivity index (χ2v) is 15.4. The molecule has 0 aliphatic heterocycles. The largest absolute Gasteiger partial charge is 0.365 e. The molecule has 0 aromatic heterocycles. The molecule has 0 bridgehead atoms. The van der Waals surface area contributed by atoms with E-state index < -0.39 is 17.7 Å². The Labute approximate surface area is 213 Å². The summed E-state index contributed by atoms with van der Waals surface area (Å²) in [6.07, 6.45) is 7.29. The highest BCUT2D eigenvalue weighted by atomic mass is 79.9. The van der Waals surface area contributed by atoms with Gasteiger partial charge in [0.15, 0.2) is 5.79 Å². The smallest absolute Gasteiger partial charge is 0.178 e. The van der Waals surface area contributed by atoms with Crippen molar-refractivity contribution in [1.29, 1.82) is 0 Å². The summed E-state index contributed by atoms with van der Waals surface area (Å²) in [4.78, 5) is 0. The van der Waals surface area contributed by atoms with Crippen molar-refractivity contribution in [2.24, 2.45) is 0 Å². The summed E-state index contributed by atoms with van der Waals surface area (Å²) in [7, 11) is 0. The van der Waals surface area contributed by atoms with Gasteiger partial charge in [-0.15, -0.1) is 0 Å². The van der Waals surface area contributed by atoms with Gasteiger partial charge in [0, 0.05) is 6.42 Å². The maximum Gasteiger partial charge on any atom is 0.178 e. The molecule has 0 atom stereocenters. The van der Waals surface area contributed by atoms with Gasteiger partial charge in [0.05, 0.1) is 0 Å². The maximum absolute atomic E-state index is 11.9. The zero-order chi connectivity index (χ0) is 21.9. The van der Waals surface area contributed by atoms with Gasteiger partial charge in [-0.25, -0.2) is 0 Å². The Hall–Kier alpha value is 0.280. The Balaban J connectivity index is 2.35. The number of aliphatic hydroxyl groups is 2. The standard InChI is InChI=1S/C24H28Br4O2/c25-21(26)17-11-3-1-2-4-12-18-22(29,30)23(24(21,27)28,19-13-7-5-8-14-19)20-15-9-6-10-16-20/h5-10,13-16,29-30H,1-4,11-12,17-18H2. The lowest BCUT2D eigenvalue weighted by Gasteiger charge is -2.56. The minimum atomic E-state index is -2.02. The van der Waals surface area contributed by atoms with Crippen molar-refractivity contribution in [2.45, 2.75) is 69.0 Å². The van der Waals surface area contributed by atoms with Crippen LogP contribution in [0.15, 0.2) is 60.7 Å². The van der Waals surface area contributed by atoms with Crippen LogP contribution >= 0.6 is 63.7 Å². The minimum Gasteiger partial charge on any atom is -0.365 e. The first-order chi connectivity index (χ1) is 14.2. The number of benzene rings is 2. The summed E-state index contributed by atoms with van der Waals surface area (Å²) in [6, 6.07) is 19.6. The van der Waals surface area contributed by atoms with Gasteiger partial charge in [-0.05, 0) is 24.0 Å². The van der Waals surface area contributed by atoms with E-state index in [1.807, 2.05) is 60.7 Å². The van der Waals surface area contributed by atoms with Crippen LogP contribution in [-0.2, 0) is 5.41 Å². The van der Waals surface area contributed by atoms with Gasteiger partial charge < -0.3 is 10.2 Å². The molecule has 1 fully saturated rings. The number of halogens is 4. The molecule has 30 heavy (non-hydrogen) atoms. The molecule has 0 radical (unpaired) electrons. The quantitative estimate of drug-likeness (QED) is 0.254. The highest BCUT2D eigenvalue weighted by Crippen LogP contribution is 2.66. The van der Waals surface area contributed by atoms with Gasteiger partial charge in [-0.1, -0.05) is 156 Å². The van der Waals surface area contributed by atoms with Crippen molar-refractivity contribution in [3.63, 3.8) is 0 Å². The van der Waals surface area contributed by atoms with E-state index in [0.717, 1.165) is 49.7 Å². The number of hydrogen-bond donors (Lipinski definition) is 2. The fourth-order valence-electron chi connectivity index (χ4n) is 4.66. The van der Waals surface area contributed by atoms with Gasteiger partial charge in [0.2, 0.25) is 0 Å². The third-order valence-electron chi connectivity index (χ3n) is 6.21. The predicted octanol–water partition coefficient (Wildman–Crippen LogP) is 7.76. The molecular weight excluding hydrogens is 640 g/mol. The molecule has 0 spiro atoms. The molecule has 3 rings (SSSR count). The lowest BCUT2D eigenvalue weighted by atomic mass is 9.63. The van der Waals surface area contributed by atoms with Crippen LogP contribution in [0.2, 0.25) is 0 Å². The molecule has 0 heterocycles. The van der Waals surface area contributed by atoms with Crippen LogP contribution in [0.4, 0.5) is 0 Å². The van der Waals surface area contributed by atoms with Crippen LogP contribution in [0.1, 0.15) is 62.5 Å². The van der Waals surface area contributed by atoms with Crippen molar-refractivity contribution in [3.05, 3.63) is 71.8 Å². The Morgan fingerprint density at radius 3 is 1.43 bits per heavy atom. The first-order valence-electron chi connectivity index (χ1n) is 10.5. The van der Waals surface area contributed by atoms with Crippen LogP contribution in [0.5, 0.6) is 0 Å². The second-order valence-electron chi connectivity index (χ2n) is 8.20. The zero-order valence-corrected chi connectivity index (χ0v) is 23.2. The highest BCUT2D eigenvalue weighted by molar-refractivity contribution is 9.30. The Morgan fingerprint density at radius 2 is 0.967 bits per heavy atom. The minimum absolute atomic E-state index is 0.270. The van der Waals surface area contributed by atoms with E-state index in [9.17, 15) is 10.2 Å². The molecule has 0 amide bonds. The fourth-order valence-corrected chi connectivity index (χ4v) is 7.77. The Bertz CT molecular complexity index is 767. The number of alkyl halides is 4. The highest BCUT2D eigenvalue weighted by Gasteiger charge is 2.68. The predicted molar refractivity (Wildman–Crippen MR) is 139 cm³/mol. The van der Waals surface area contributed by atoms with Gasteiger partial charge in [0.1, 0.15) is 11.9 Å². The van der Waals surface area contributed by atoms with E-state index in [1.165, 1.54) is 6.42 Å². The molecule has 1 aliphatic carbocycles. The van der Waals surface area contributed by atoms with E-state index >= 15 is 0 Å². The average molecular weight is 668 g/mol. The van der Waals surface area contributed by atoms with Crippen LogP contribution in [0, 0.1) is 0 Å². The van der Waals surface area contributed by atoms with Gasteiger partial charge in [-0.2, -0.15) is 0 Å². The van der Waals surface area contributed by atoms with E-state index in [2.05, 4.69) is 63.7 Å². The molecule has 2 N–H and O–H groups in total. The van der Waals surface area contributed by atoms with Gasteiger partial charge >= 0.3 is 0 Å². The third kappa shape index (κ3) is 4.51. The van der Waals surface area contributed by atoms with Gasteiger partial charge in [0.25, 0.3) is 0 Å². The van der Waals surface area contributed by atoms with E-state index in [1.54, 1.807) is 0 Å². The van der Waals surface area contributed by atoms with Crippen LogP contribution < -0.4 is 0 Å². The number of rotatable bonds is 2. The topological polar surface area (TPSA) is 40.5 Å². The molecule has 1 aliphatic rings. The van der Waals surface area contributed by atoms with E-state index in [-0.39, 0.29) is 6.42 Å². The summed E-state index contributed by atoms with van der Waals surface area (Å²) >= 11 is 15.8. The SMILES string of the molecule is OC1(O)CCCCCCCCC(Br)(Br)C(Br)(Br)C1(c1ccccc1)c1ccccc1. The van der Waals surface area contributed by atoms with Crippen molar-refractivity contribution < 1.29 is 10.2 Å². The first kappa shape index (κ1) is 24.9. The van der Waals surface area contributed by atoms with E-state index in [0.29, 0.717) is 0 Å². The van der Waals surface area contributed by atoms with Crippen molar-refractivity contribution in [1.82, 2.24) is 0 Å². The average Bonchev–Trinajstić information content (AvgIpc) is 2.71. The van der Waals surface area contributed by atoms with Crippen molar-refractivity contribution in [2.75, 3.05) is 0 Å². The number of hydrogen-bond acceptors (Lipinski definition) is 2. The van der Waals surface area contributed by atoms with Crippen LogP contribution in [0.3, 0.4) is 0 Å². The van der Waals surface area contributed by atoms with Crippen molar-refractivity contribution in [3.8, 4) is 0 Å². The Kier molecular flexibility index (Phi) is 8.34. The molecule has 0 saturated heterocycles. The summed E-state index contributed by atoms with van der Waals surface area (Å²) in [5, 5.41) is 23.8. The molecule has 1 saturated carbocycles. The van der Waals surface area contributed by atoms with E-state index in [4.69, 9.17) is 0 Å².